The summed E-state index contributed by atoms with van der Waals surface area (Å²) in [5, 5.41) is 2.54. The molecule has 17 heavy (non-hydrogen) atoms. The van der Waals surface area contributed by atoms with Crippen LogP contribution in [0.1, 0.15) is 29.6 Å². The van der Waals surface area contributed by atoms with Crippen molar-refractivity contribution in [1.82, 2.24) is 5.32 Å². The summed E-state index contributed by atoms with van der Waals surface area (Å²) in [5.74, 6) is -2.71. The van der Waals surface area contributed by atoms with E-state index in [4.69, 9.17) is 5.73 Å². The summed E-state index contributed by atoms with van der Waals surface area (Å²) in [4.78, 5) is 11.5. The van der Waals surface area contributed by atoms with E-state index < -0.39 is 17.5 Å². The van der Waals surface area contributed by atoms with E-state index in [1.807, 2.05) is 0 Å². The molecule has 5 heteroatoms. The Hall–Kier alpha value is -1.49. The largest absolute Gasteiger partial charge is 0.352 e. The molecule has 0 fully saturated rings. The molecule has 0 aliphatic heterocycles. The van der Waals surface area contributed by atoms with Crippen molar-refractivity contribution in [3.63, 3.8) is 0 Å². The zero-order valence-electron chi connectivity index (χ0n) is 9.51. The van der Waals surface area contributed by atoms with Crippen LogP contribution in [0.25, 0.3) is 0 Å². The Morgan fingerprint density at radius 1 is 1.24 bits per heavy atom. The molecule has 1 aromatic carbocycles. The van der Waals surface area contributed by atoms with Gasteiger partial charge in [0, 0.05) is 6.54 Å². The van der Waals surface area contributed by atoms with Crippen molar-refractivity contribution in [1.29, 1.82) is 0 Å². The van der Waals surface area contributed by atoms with E-state index >= 15 is 0 Å². The third-order valence-corrected chi connectivity index (χ3v) is 2.36. The molecule has 0 aromatic heterocycles. The number of hydrogen-bond donors (Lipinski definition) is 2. The van der Waals surface area contributed by atoms with E-state index in [1.54, 1.807) is 0 Å². The molecule has 0 heterocycles. The van der Waals surface area contributed by atoms with Crippen molar-refractivity contribution in [2.75, 3.05) is 13.1 Å². The van der Waals surface area contributed by atoms with Crippen molar-refractivity contribution in [2.45, 2.75) is 19.3 Å². The Balaban J connectivity index is 2.44. The van der Waals surface area contributed by atoms with Crippen molar-refractivity contribution in [3.05, 3.63) is 35.4 Å². The molecule has 0 aliphatic rings. The molecule has 1 amide bonds. The average Bonchev–Trinajstić information content (AvgIpc) is 2.32. The van der Waals surface area contributed by atoms with Gasteiger partial charge in [0.15, 0.2) is 11.6 Å². The minimum atomic E-state index is -1.10. The van der Waals surface area contributed by atoms with Crippen LogP contribution in [0.5, 0.6) is 0 Å². The van der Waals surface area contributed by atoms with Crippen LogP contribution in [0.4, 0.5) is 8.78 Å². The van der Waals surface area contributed by atoms with Crippen LogP contribution in [0, 0.1) is 11.6 Å². The highest BCUT2D eigenvalue weighted by Gasteiger charge is 2.13. The summed E-state index contributed by atoms with van der Waals surface area (Å²) in [6.45, 7) is 1.06. The lowest BCUT2D eigenvalue weighted by molar-refractivity contribution is 0.0948. The van der Waals surface area contributed by atoms with Crippen LogP contribution >= 0.6 is 0 Å². The quantitative estimate of drug-likeness (QED) is 0.748. The van der Waals surface area contributed by atoms with Gasteiger partial charge in [0.2, 0.25) is 0 Å². The molecule has 0 bridgehead atoms. The Kier molecular flexibility index (Phi) is 5.56. The lowest BCUT2D eigenvalue weighted by atomic mass is 10.2. The molecule has 0 saturated heterocycles. The standard InChI is InChI=1S/C12H16F2N2O/c13-10-6-4-5-9(11(10)14)12(17)16-8-3-1-2-7-15/h4-6H,1-3,7-8,15H2,(H,16,17). The average molecular weight is 242 g/mol. The molecule has 3 nitrogen and oxygen atoms in total. The van der Waals surface area contributed by atoms with Crippen molar-refractivity contribution < 1.29 is 13.6 Å². The zero-order valence-corrected chi connectivity index (χ0v) is 9.51. The fourth-order valence-electron chi connectivity index (χ4n) is 1.42. The molecule has 94 valence electrons. The first-order valence-electron chi connectivity index (χ1n) is 5.59. The SMILES string of the molecule is NCCCCCNC(=O)c1cccc(F)c1F. The first kappa shape index (κ1) is 13.6. The lowest BCUT2D eigenvalue weighted by Gasteiger charge is -2.06. The highest BCUT2D eigenvalue weighted by atomic mass is 19.2. The summed E-state index contributed by atoms with van der Waals surface area (Å²) < 4.78 is 26.1. The number of hydrogen-bond acceptors (Lipinski definition) is 2. The summed E-state index contributed by atoms with van der Waals surface area (Å²) in [7, 11) is 0. The number of rotatable bonds is 6. The molecular weight excluding hydrogens is 226 g/mol. The van der Waals surface area contributed by atoms with E-state index in [2.05, 4.69) is 5.32 Å². The van der Waals surface area contributed by atoms with Crippen LogP contribution in [-0.4, -0.2) is 19.0 Å². The van der Waals surface area contributed by atoms with Gasteiger partial charge in [-0.2, -0.15) is 0 Å². The monoisotopic (exact) mass is 242 g/mol. The predicted octanol–water partition coefficient (Wildman–Crippen LogP) is 1.82. The van der Waals surface area contributed by atoms with Crippen LogP contribution in [0.15, 0.2) is 18.2 Å². The number of unbranched alkanes of at least 4 members (excludes halogenated alkanes) is 2. The van der Waals surface area contributed by atoms with Crippen molar-refractivity contribution in [3.8, 4) is 0 Å². The Labute approximate surface area is 99.0 Å². The van der Waals surface area contributed by atoms with E-state index in [9.17, 15) is 13.6 Å². The van der Waals surface area contributed by atoms with Gasteiger partial charge < -0.3 is 11.1 Å². The van der Waals surface area contributed by atoms with Gasteiger partial charge in [-0.05, 0) is 31.5 Å². The second-order valence-electron chi connectivity index (χ2n) is 3.71. The third-order valence-electron chi connectivity index (χ3n) is 2.36. The molecule has 0 saturated carbocycles. The second kappa shape index (κ2) is 6.96. The zero-order chi connectivity index (χ0) is 12.7. The van der Waals surface area contributed by atoms with E-state index in [0.29, 0.717) is 13.1 Å². The van der Waals surface area contributed by atoms with Crippen LogP contribution in [-0.2, 0) is 0 Å². The molecule has 0 radical (unpaired) electrons. The second-order valence-corrected chi connectivity index (χ2v) is 3.71. The number of carbonyl (C=O) groups excluding carboxylic acids is 1. The topological polar surface area (TPSA) is 55.1 Å². The number of nitrogens with two attached hydrogens (primary N) is 1. The third kappa shape index (κ3) is 4.11. The summed E-state index contributed by atoms with van der Waals surface area (Å²) in [6, 6.07) is 3.54. The van der Waals surface area contributed by atoms with E-state index in [1.165, 1.54) is 12.1 Å². The molecule has 0 aliphatic carbocycles. The summed E-state index contributed by atoms with van der Waals surface area (Å²) in [6.07, 6.45) is 2.58. The van der Waals surface area contributed by atoms with Gasteiger partial charge in [-0.1, -0.05) is 12.5 Å². The lowest BCUT2D eigenvalue weighted by Crippen LogP contribution is -2.25. The van der Waals surface area contributed by atoms with Gasteiger partial charge in [0.25, 0.3) is 5.91 Å². The van der Waals surface area contributed by atoms with Gasteiger partial charge in [-0.3, -0.25) is 4.79 Å². The smallest absolute Gasteiger partial charge is 0.254 e. The minimum absolute atomic E-state index is 0.260. The first-order valence-corrected chi connectivity index (χ1v) is 5.59. The Morgan fingerprint density at radius 3 is 2.71 bits per heavy atom. The summed E-state index contributed by atoms with van der Waals surface area (Å²) in [5.41, 5.74) is 5.06. The molecule has 0 unspecified atom stereocenters. The molecule has 3 N–H and O–H groups in total. The van der Waals surface area contributed by atoms with Crippen molar-refractivity contribution >= 4 is 5.91 Å². The van der Waals surface area contributed by atoms with E-state index in [-0.39, 0.29) is 5.56 Å². The fraction of sp³-hybridized carbons (Fsp3) is 0.417. The maximum Gasteiger partial charge on any atom is 0.254 e. The highest BCUT2D eigenvalue weighted by molar-refractivity contribution is 5.94. The van der Waals surface area contributed by atoms with Gasteiger partial charge in [0.1, 0.15) is 0 Å². The highest BCUT2D eigenvalue weighted by Crippen LogP contribution is 2.10. The van der Waals surface area contributed by atoms with E-state index in [0.717, 1.165) is 25.3 Å². The molecule has 0 atom stereocenters. The Bertz CT molecular complexity index is 383. The fourth-order valence-corrected chi connectivity index (χ4v) is 1.42. The number of amides is 1. The number of nitrogens with one attached hydrogen (secondary N) is 1. The minimum Gasteiger partial charge on any atom is -0.352 e. The number of benzene rings is 1. The summed E-state index contributed by atoms with van der Waals surface area (Å²) >= 11 is 0. The number of halogens is 2. The first-order chi connectivity index (χ1) is 8.16. The predicted molar refractivity (Wildman–Crippen MR) is 61.6 cm³/mol. The molecule has 1 rings (SSSR count). The normalized spacial score (nSPS) is 10.3. The Morgan fingerprint density at radius 2 is 2.00 bits per heavy atom. The number of carbonyl (C=O) groups is 1. The van der Waals surface area contributed by atoms with Crippen LogP contribution < -0.4 is 11.1 Å². The van der Waals surface area contributed by atoms with Gasteiger partial charge >= 0.3 is 0 Å². The van der Waals surface area contributed by atoms with Crippen LogP contribution in [0.3, 0.4) is 0 Å². The van der Waals surface area contributed by atoms with Gasteiger partial charge in [0.05, 0.1) is 5.56 Å². The molecule has 0 spiro atoms. The van der Waals surface area contributed by atoms with Crippen molar-refractivity contribution in [2.24, 2.45) is 5.73 Å². The maximum atomic E-state index is 13.2. The molecule has 1 aromatic rings. The maximum absolute atomic E-state index is 13.2. The van der Waals surface area contributed by atoms with Crippen LogP contribution in [0.2, 0.25) is 0 Å². The molecular formula is C12H16F2N2O. The van der Waals surface area contributed by atoms with Gasteiger partial charge in [-0.15, -0.1) is 0 Å². The van der Waals surface area contributed by atoms with Gasteiger partial charge in [-0.25, -0.2) is 8.78 Å².